The maximum absolute atomic E-state index is 14.1. The molecule has 11 heteroatoms. The van der Waals surface area contributed by atoms with E-state index < -0.39 is 23.5 Å². The molecule has 194 valence electrons. The van der Waals surface area contributed by atoms with Crippen LogP contribution in [0.25, 0.3) is 0 Å². The van der Waals surface area contributed by atoms with Gasteiger partial charge in [0.2, 0.25) is 10.9 Å². The Bertz CT molecular complexity index is 1560. The Morgan fingerprint density at radius 1 is 1.11 bits per heavy atom. The van der Waals surface area contributed by atoms with Gasteiger partial charge < -0.3 is 5.11 Å². The van der Waals surface area contributed by atoms with Crippen molar-refractivity contribution in [3.05, 3.63) is 97.9 Å². The Kier molecular flexibility index (Phi) is 7.42. The Hall–Kier alpha value is -3.41. The number of thiazole rings is 1. The lowest BCUT2D eigenvalue weighted by atomic mass is 9.94. The minimum Gasteiger partial charge on any atom is -0.503 e. The largest absolute Gasteiger partial charge is 0.503 e. The summed E-state index contributed by atoms with van der Waals surface area (Å²) in [6.45, 7) is 5.58. The second kappa shape index (κ2) is 10.8. The van der Waals surface area contributed by atoms with E-state index in [0.29, 0.717) is 31.8 Å². The highest BCUT2D eigenvalue weighted by Crippen LogP contribution is 2.44. The van der Waals surface area contributed by atoms with Crippen molar-refractivity contribution in [2.75, 3.05) is 4.90 Å². The number of rotatable bonds is 8. The van der Waals surface area contributed by atoms with E-state index in [9.17, 15) is 19.1 Å². The van der Waals surface area contributed by atoms with Crippen LogP contribution in [0.1, 0.15) is 50.0 Å². The SMILES string of the molecule is CCc1ccc(C2C(C(=O)c3sc(C)nc3C)=C(O)C(=O)N2c2nnc(SCc3ccccc3F)s2)cc1. The van der Waals surface area contributed by atoms with Crippen LogP contribution in [0.4, 0.5) is 9.52 Å². The molecule has 0 fully saturated rings. The predicted molar refractivity (Wildman–Crippen MR) is 147 cm³/mol. The molecule has 1 unspecified atom stereocenters. The molecule has 0 saturated heterocycles. The maximum Gasteiger partial charge on any atom is 0.296 e. The molecule has 0 radical (unpaired) electrons. The van der Waals surface area contributed by atoms with Gasteiger partial charge in [-0.15, -0.1) is 21.5 Å². The Labute approximate surface area is 231 Å². The van der Waals surface area contributed by atoms with Gasteiger partial charge in [-0.1, -0.05) is 72.5 Å². The summed E-state index contributed by atoms with van der Waals surface area (Å²) in [6, 6.07) is 13.2. The minimum atomic E-state index is -0.889. The molecule has 4 aromatic rings. The van der Waals surface area contributed by atoms with Crippen LogP contribution in [0.5, 0.6) is 0 Å². The molecule has 38 heavy (non-hydrogen) atoms. The molecule has 0 bridgehead atoms. The number of aliphatic hydroxyl groups excluding tert-OH is 1. The van der Waals surface area contributed by atoms with Crippen LogP contribution in [0.2, 0.25) is 0 Å². The van der Waals surface area contributed by atoms with Crippen molar-refractivity contribution in [3.8, 4) is 0 Å². The molecule has 1 aliphatic rings. The zero-order valence-corrected chi connectivity index (χ0v) is 23.2. The number of thioether (sulfide) groups is 1. The fraction of sp³-hybridized carbons (Fsp3) is 0.222. The quantitative estimate of drug-likeness (QED) is 0.150. The lowest BCUT2D eigenvalue weighted by molar-refractivity contribution is -0.117. The summed E-state index contributed by atoms with van der Waals surface area (Å²) in [5.41, 5.74) is 2.83. The number of anilines is 1. The molecule has 0 spiro atoms. The molecule has 1 amide bonds. The van der Waals surface area contributed by atoms with Gasteiger partial charge in [-0.3, -0.25) is 14.5 Å². The first kappa shape index (κ1) is 26.2. The number of hydrogen-bond donors (Lipinski definition) is 1. The Morgan fingerprint density at radius 3 is 2.50 bits per heavy atom. The van der Waals surface area contributed by atoms with Crippen LogP contribution >= 0.6 is 34.4 Å². The van der Waals surface area contributed by atoms with Crippen molar-refractivity contribution in [1.82, 2.24) is 15.2 Å². The number of hydrogen-bond acceptors (Lipinski definition) is 9. The first-order valence-corrected chi connectivity index (χ1v) is 14.4. The van der Waals surface area contributed by atoms with Crippen LogP contribution in [-0.2, 0) is 17.0 Å². The van der Waals surface area contributed by atoms with Gasteiger partial charge in [-0.2, -0.15) is 0 Å². The summed E-state index contributed by atoms with van der Waals surface area (Å²) in [7, 11) is 0. The minimum absolute atomic E-state index is 0.0123. The average Bonchev–Trinajstić information content (AvgIpc) is 3.59. The number of benzene rings is 2. The lowest BCUT2D eigenvalue weighted by Crippen LogP contribution is -2.31. The average molecular weight is 567 g/mol. The van der Waals surface area contributed by atoms with E-state index in [1.807, 2.05) is 31.2 Å². The standard InChI is InChI=1S/C27H23FN4O3S3/c1-4-16-9-11-17(12-10-16)21-20(22(33)24-14(2)29-15(3)37-24)23(34)25(35)32(21)26-30-31-27(38-26)36-13-18-7-5-6-8-19(18)28/h5-12,21,34H,4,13H2,1-3H3. The highest BCUT2D eigenvalue weighted by Gasteiger charge is 2.46. The second-order valence-corrected chi connectivity index (χ2v) is 12.0. The van der Waals surface area contributed by atoms with Crippen molar-refractivity contribution >= 4 is 51.3 Å². The summed E-state index contributed by atoms with van der Waals surface area (Å²) in [6.07, 6.45) is 0.832. The van der Waals surface area contributed by atoms with Crippen molar-refractivity contribution < 1.29 is 19.1 Å². The van der Waals surface area contributed by atoms with E-state index in [1.165, 1.54) is 34.1 Å². The number of carbonyl (C=O) groups excluding carboxylic acids is 2. The van der Waals surface area contributed by atoms with E-state index >= 15 is 0 Å². The number of carbonyl (C=O) groups is 2. The van der Waals surface area contributed by atoms with E-state index in [2.05, 4.69) is 15.2 Å². The first-order chi connectivity index (χ1) is 18.3. The fourth-order valence-corrected chi connectivity index (χ4v) is 6.99. The molecule has 2 aromatic carbocycles. The molecular weight excluding hydrogens is 544 g/mol. The van der Waals surface area contributed by atoms with Crippen molar-refractivity contribution in [2.45, 2.75) is 43.3 Å². The normalized spacial score (nSPS) is 15.5. The monoisotopic (exact) mass is 566 g/mol. The highest BCUT2D eigenvalue weighted by molar-refractivity contribution is 8.00. The molecule has 5 rings (SSSR count). The molecule has 0 saturated carbocycles. The zero-order chi connectivity index (χ0) is 27.0. The molecule has 1 N–H and O–H groups in total. The number of Topliss-reactive ketones (excluding diaryl/α,β-unsaturated/α-hetero) is 1. The summed E-state index contributed by atoms with van der Waals surface area (Å²) in [5, 5.41) is 20.4. The Balaban J connectivity index is 1.52. The molecule has 7 nitrogen and oxygen atoms in total. The van der Waals surface area contributed by atoms with Crippen LogP contribution < -0.4 is 4.90 Å². The van der Waals surface area contributed by atoms with E-state index in [1.54, 1.807) is 32.0 Å². The number of aliphatic hydroxyl groups is 1. The van der Waals surface area contributed by atoms with Crippen molar-refractivity contribution in [3.63, 3.8) is 0 Å². The van der Waals surface area contributed by atoms with E-state index in [-0.39, 0.29) is 16.5 Å². The van der Waals surface area contributed by atoms with Gasteiger partial charge in [0, 0.05) is 5.75 Å². The number of aryl methyl sites for hydroxylation is 3. The van der Waals surface area contributed by atoms with Gasteiger partial charge in [-0.25, -0.2) is 9.37 Å². The van der Waals surface area contributed by atoms with Crippen molar-refractivity contribution in [2.24, 2.45) is 0 Å². The van der Waals surface area contributed by atoms with Gasteiger partial charge >= 0.3 is 0 Å². The second-order valence-electron chi connectivity index (χ2n) is 8.64. The summed E-state index contributed by atoms with van der Waals surface area (Å²) in [4.78, 5) is 33.2. The summed E-state index contributed by atoms with van der Waals surface area (Å²) >= 11 is 3.67. The lowest BCUT2D eigenvalue weighted by Gasteiger charge is -2.24. The van der Waals surface area contributed by atoms with E-state index in [0.717, 1.165) is 28.3 Å². The molecular formula is C27H23FN4O3S3. The Morgan fingerprint density at radius 2 is 1.84 bits per heavy atom. The molecule has 1 aliphatic heterocycles. The van der Waals surface area contributed by atoms with E-state index in [4.69, 9.17) is 0 Å². The van der Waals surface area contributed by atoms with Crippen LogP contribution in [0.3, 0.4) is 0 Å². The smallest absolute Gasteiger partial charge is 0.296 e. The number of nitrogens with zero attached hydrogens (tertiary/aromatic N) is 4. The summed E-state index contributed by atoms with van der Waals surface area (Å²) < 4.78 is 14.6. The molecule has 1 atom stereocenters. The molecule has 2 aromatic heterocycles. The molecule has 3 heterocycles. The predicted octanol–water partition coefficient (Wildman–Crippen LogP) is 6.39. The third-order valence-corrected chi connectivity index (χ3v) is 9.35. The zero-order valence-electron chi connectivity index (χ0n) is 20.8. The third-order valence-electron chi connectivity index (χ3n) is 6.18. The number of ketones is 1. The maximum atomic E-state index is 14.1. The first-order valence-electron chi connectivity index (χ1n) is 11.8. The number of halogens is 1. The van der Waals surface area contributed by atoms with Gasteiger partial charge in [0.25, 0.3) is 5.91 Å². The van der Waals surface area contributed by atoms with Crippen LogP contribution in [0.15, 0.2) is 64.2 Å². The third kappa shape index (κ3) is 4.89. The summed E-state index contributed by atoms with van der Waals surface area (Å²) in [5.74, 6) is -1.74. The highest BCUT2D eigenvalue weighted by atomic mass is 32.2. The number of amides is 1. The van der Waals surface area contributed by atoms with Crippen molar-refractivity contribution in [1.29, 1.82) is 0 Å². The fourth-order valence-electron chi connectivity index (χ4n) is 4.26. The molecule has 0 aliphatic carbocycles. The van der Waals surface area contributed by atoms with Gasteiger partial charge in [-0.05, 0) is 43.0 Å². The topological polar surface area (TPSA) is 96.3 Å². The van der Waals surface area contributed by atoms with Crippen LogP contribution in [-0.4, -0.2) is 32.0 Å². The number of aromatic nitrogens is 3. The van der Waals surface area contributed by atoms with Gasteiger partial charge in [0.1, 0.15) is 5.82 Å². The van der Waals surface area contributed by atoms with Gasteiger partial charge in [0.05, 0.1) is 27.2 Å². The van der Waals surface area contributed by atoms with Crippen LogP contribution in [0, 0.1) is 19.7 Å². The van der Waals surface area contributed by atoms with Gasteiger partial charge in [0.15, 0.2) is 10.1 Å².